The molecule has 1 unspecified atom stereocenters. The van der Waals surface area contributed by atoms with Gasteiger partial charge in [-0.05, 0) is 44.2 Å². The van der Waals surface area contributed by atoms with Crippen molar-refractivity contribution in [3.8, 4) is 0 Å². The molecule has 0 aromatic heterocycles. The van der Waals surface area contributed by atoms with Crippen molar-refractivity contribution in [1.29, 1.82) is 0 Å². The number of hydrogen-bond acceptors (Lipinski definition) is 2. The van der Waals surface area contributed by atoms with Gasteiger partial charge in [-0.2, -0.15) is 0 Å². The zero-order chi connectivity index (χ0) is 16.1. The van der Waals surface area contributed by atoms with Gasteiger partial charge in [-0.3, -0.25) is 0 Å². The monoisotopic (exact) mass is 307 g/mol. The molecule has 0 bridgehead atoms. The van der Waals surface area contributed by atoms with Gasteiger partial charge < -0.3 is 9.97 Å². The molecular formula is C20H26BNO. The Bertz CT molecular complexity index is 592. The molecule has 0 aliphatic carbocycles. The van der Waals surface area contributed by atoms with Crippen molar-refractivity contribution in [3.05, 3.63) is 59.7 Å². The van der Waals surface area contributed by atoms with Gasteiger partial charge >= 0.3 is 6.92 Å². The van der Waals surface area contributed by atoms with E-state index in [1.54, 1.807) is 0 Å². The number of nitrogens with one attached hydrogen (secondary N) is 1. The third-order valence-corrected chi connectivity index (χ3v) is 4.57. The first-order valence-electron chi connectivity index (χ1n) is 8.70. The minimum Gasteiger partial charge on any atom is -0.425 e. The van der Waals surface area contributed by atoms with Crippen LogP contribution in [0.3, 0.4) is 0 Å². The largest absolute Gasteiger partial charge is 0.425 e. The van der Waals surface area contributed by atoms with Gasteiger partial charge in [-0.25, -0.2) is 0 Å². The van der Waals surface area contributed by atoms with Crippen molar-refractivity contribution in [2.45, 2.75) is 39.2 Å². The van der Waals surface area contributed by atoms with Crippen LogP contribution in [0, 0.1) is 13.8 Å². The minimum atomic E-state index is 0.0125. The number of benzene rings is 2. The molecule has 1 heterocycles. The second-order valence-electron chi connectivity index (χ2n) is 6.69. The van der Waals surface area contributed by atoms with Gasteiger partial charge in [0.05, 0.1) is 0 Å². The molecule has 0 radical (unpaired) electrons. The van der Waals surface area contributed by atoms with Crippen LogP contribution in [0.4, 0.5) is 0 Å². The summed E-state index contributed by atoms with van der Waals surface area (Å²) in [5.74, 6) is 0. The quantitative estimate of drug-likeness (QED) is 0.857. The average molecular weight is 307 g/mol. The Morgan fingerprint density at radius 1 is 1.00 bits per heavy atom. The standard InChI is InChI=1S/C20H26BNO/c1-16-7-5-9-18(13-16)21(19-10-6-8-17(2)14-19)23-15-20-11-3-4-12-22-20/h5-10,13-14,20,22H,3-4,11-12,15H2,1-2H3. The first-order valence-corrected chi connectivity index (χ1v) is 8.70. The Labute approximate surface area is 140 Å². The fourth-order valence-corrected chi connectivity index (χ4v) is 3.33. The Morgan fingerprint density at radius 3 is 2.17 bits per heavy atom. The van der Waals surface area contributed by atoms with E-state index in [4.69, 9.17) is 4.65 Å². The Morgan fingerprint density at radius 2 is 1.65 bits per heavy atom. The molecule has 120 valence electrons. The maximum Gasteiger partial charge on any atom is 0.361 e. The molecular weight excluding hydrogens is 281 g/mol. The van der Waals surface area contributed by atoms with Gasteiger partial charge in [0.2, 0.25) is 0 Å². The molecule has 1 atom stereocenters. The normalized spacial score (nSPS) is 17.9. The van der Waals surface area contributed by atoms with E-state index in [1.165, 1.54) is 41.3 Å². The van der Waals surface area contributed by atoms with Crippen molar-refractivity contribution in [1.82, 2.24) is 5.32 Å². The minimum absolute atomic E-state index is 0.0125. The molecule has 2 nitrogen and oxygen atoms in total. The lowest BCUT2D eigenvalue weighted by Crippen LogP contribution is -2.48. The number of piperidine rings is 1. The SMILES string of the molecule is Cc1cccc(B(OCC2CCCCN2)c2cccc(C)c2)c1. The predicted molar refractivity (Wildman–Crippen MR) is 99.0 cm³/mol. The van der Waals surface area contributed by atoms with Crippen molar-refractivity contribution >= 4 is 17.8 Å². The summed E-state index contributed by atoms with van der Waals surface area (Å²) < 4.78 is 6.40. The molecule has 1 fully saturated rings. The molecule has 0 saturated carbocycles. The Hall–Kier alpha value is -1.58. The van der Waals surface area contributed by atoms with E-state index in [-0.39, 0.29) is 6.92 Å². The summed E-state index contributed by atoms with van der Waals surface area (Å²) in [6.07, 6.45) is 3.81. The summed E-state index contributed by atoms with van der Waals surface area (Å²) in [5, 5.41) is 3.58. The molecule has 1 N–H and O–H groups in total. The van der Waals surface area contributed by atoms with Crippen LogP contribution < -0.4 is 16.2 Å². The third kappa shape index (κ3) is 4.46. The highest BCUT2D eigenvalue weighted by atomic mass is 16.4. The summed E-state index contributed by atoms with van der Waals surface area (Å²) in [7, 11) is 0. The fraction of sp³-hybridized carbons (Fsp3) is 0.400. The summed E-state index contributed by atoms with van der Waals surface area (Å²) >= 11 is 0. The third-order valence-electron chi connectivity index (χ3n) is 4.57. The number of hydrogen-bond donors (Lipinski definition) is 1. The maximum atomic E-state index is 6.40. The van der Waals surface area contributed by atoms with Crippen LogP contribution in [-0.4, -0.2) is 26.1 Å². The van der Waals surface area contributed by atoms with Crippen LogP contribution in [0.15, 0.2) is 48.5 Å². The Balaban J connectivity index is 1.81. The van der Waals surface area contributed by atoms with Crippen LogP contribution >= 0.6 is 0 Å². The van der Waals surface area contributed by atoms with Crippen LogP contribution in [0.25, 0.3) is 0 Å². The predicted octanol–water partition coefficient (Wildman–Crippen LogP) is 2.57. The smallest absolute Gasteiger partial charge is 0.361 e. The first kappa shape index (κ1) is 16.3. The highest BCUT2D eigenvalue weighted by molar-refractivity contribution is 6.80. The van der Waals surface area contributed by atoms with E-state index in [0.29, 0.717) is 6.04 Å². The van der Waals surface area contributed by atoms with E-state index in [0.717, 1.165) is 13.2 Å². The lowest BCUT2D eigenvalue weighted by molar-refractivity contribution is 0.246. The molecule has 3 heteroatoms. The van der Waals surface area contributed by atoms with Crippen molar-refractivity contribution in [3.63, 3.8) is 0 Å². The molecule has 1 aliphatic heterocycles. The Kier molecular flexibility index (Phi) is 5.53. The molecule has 0 spiro atoms. The van der Waals surface area contributed by atoms with Gasteiger partial charge in [-0.1, -0.05) is 66.1 Å². The summed E-state index contributed by atoms with van der Waals surface area (Å²) in [6, 6.07) is 17.8. The van der Waals surface area contributed by atoms with Gasteiger partial charge in [0.1, 0.15) is 0 Å². The molecule has 0 amide bonds. The van der Waals surface area contributed by atoms with Crippen LogP contribution in [0.1, 0.15) is 30.4 Å². The molecule has 1 aliphatic rings. The maximum absolute atomic E-state index is 6.40. The highest BCUT2D eigenvalue weighted by Gasteiger charge is 2.23. The summed E-state index contributed by atoms with van der Waals surface area (Å²) in [6.45, 7) is 6.18. The van der Waals surface area contributed by atoms with Crippen molar-refractivity contribution in [2.75, 3.05) is 13.2 Å². The highest BCUT2D eigenvalue weighted by Crippen LogP contribution is 2.08. The topological polar surface area (TPSA) is 21.3 Å². The fourth-order valence-electron chi connectivity index (χ4n) is 3.33. The lowest BCUT2D eigenvalue weighted by Gasteiger charge is -2.25. The van der Waals surface area contributed by atoms with Gasteiger partial charge in [-0.15, -0.1) is 0 Å². The molecule has 2 aromatic rings. The van der Waals surface area contributed by atoms with E-state index >= 15 is 0 Å². The number of rotatable bonds is 5. The molecule has 23 heavy (non-hydrogen) atoms. The summed E-state index contributed by atoms with van der Waals surface area (Å²) in [5.41, 5.74) is 5.04. The van der Waals surface area contributed by atoms with Crippen LogP contribution in [0.2, 0.25) is 0 Å². The number of aryl methyl sites for hydroxylation is 2. The van der Waals surface area contributed by atoms with Crippen LogP contribution in [0.5, 0.6) is 0 Å². The second kappa shape index (κ2) is 7.80. The van der Waals surface area contributed by atoms with E-state index in [1.807, 2.05) is 0 Å². The van der Waals surface area contributed by atoms with E-state index < -0.39 is 0 Å². The zero-order valence-corrected chi connectivity index (χ0v) is 14.2. The van der Waals surface area contributed by atoms with Crippen LogP contribution in [-0.2, 0) is 4.65 Å². The van der Waals surface area contributed by atoms with Crippen molar-refractivity contribution in [2.24, 2.45) is 0 Å². The molecule has 3 rings (SSSR count). The zero-order valence-electron chi connectivity index (χ0n) is 14.2. The van der Waals surface area contributed by atoms with Gasteiger partial charge in [0.15, 0.2) is 0 Å². The summed E-state index contributed by atoms with van der Waals surface area (Å²) in [4.78, 5) is 0. The molecule has 2 aromatic carbocycles. The van der Waals surface area contributed by atoms with E-state index in [2.05, 4.69) is 67.7 Å². The average Bonchev–Trinajstić information content (AvgIpc) is 2.56. The van der Waals surface area contributed by atoms with E-state index in [9.17, 15) is 0 Å². The van der Waals surface area contributed by atoms with Crippen molar-refractivity contribution < 1.29 is 4.65 Å². The van der Waals surface area contributed by atoms with Gasteiger partial charge in [0, 0.05) is 12.6 Å². The second-order valence-corrected chi connectivity index (χ2v) is 6.69. The molecule has 1 saturated heterocycles. The van der Waals surface area contributed by atoms with Gasteiger partial charge in [0.25, 0.3) is 0 Å². The lowest BCUT2D eigenvalue weighted by atomic mass is 9.55. The first-order chi connectivity index (χ1) is 11.2.